The Morgan fingerprint density at radius 3 is 1.46 bits per heavy atom. The van der Waals surface area contributed by atoms with Gasteiger partial charge in [-0.3, -0.25) is 0 Å². The number of hydrogen-bond acceptors (Lipinski definition) is 1. The average Bonchev–Trinajstić information content (AvgIpc) is 2.64. The fraction of sp³-hybridized carbons (Fsp3) is 0.760. The molecule has 0 amide bonds. The van der Waals surface area contributed by atoms with Crippen molar-refractivity contribution in [1.82, 2.24) is 0 Å². The first kappa shape index (κ1) is 23.1. The normalized spacial score (nSPS) is 11.2. The minimum atomic E-state index is 0.466. The molecule has 0 fully saturated rings. The lowest BCUT2D eigenvalue weighted by molar-refractivity contribution is 0.469. The molecule has 0 aliphatic rings. The summed E-state index contributed by atoms with van der Waals surface area (Å²) in [4.78, 5) is 0. The topological polar surface area (TPSA) is 20.2 Å². The maximum Gasteiger partial charge on any atom is 0.119 e. The van der Waals surface area contributed by atoms with Crippen LogP contribution in [0.3, 0.4) is 0 Å². The Hall–Kier alpha value is -0.980. The van der Waals surface area contributed by atoms with Gasteiger partial charge in [0.1, 0.15) is 5.75 Å². The quantitative estimate of drug-likeness (QED) is 0.312. The highest BCUT2D eigenvalue weighted by Crippen LogP contribution is 2.27. The number of unbranched alkanes of at least 4 members (excludes halogenated alkanes) is 13. The second-order valence-corrected chi connectivity index (χ2v) is 8.28. The largest absolute Gasteiger partial charge is 0.508 e. The van der Waals surface area contributed by atoms with Crippen molar-refractivity contribution in [2.75, 3.05) is 0 Å². The third-order valence-electron chi connectivity index (χ3n) is 6.10. The standard InChI is InChI=1S/C25H44O/c1-5-6-7-8-9-10-11-12-13-14-15-16-17-18-19-24-20-25(26)23(4)21(2)22(24)3/h20,26H,5-19H2,1-4H3. The molecule has 0 saturated heterocycles. The summed E-state index contributed by atoms with van der Waals surface area (Å²) in [5, 5.41) is 10.0. The number of phenols is 1. The van der Waals surface area contributed by atoms with Crippen molar-refractivity contribution in [1.29, 1.82) is 0 Å². The third kappa shape index (κ3) is 9.10. The van der Waals surface area contributed by atoms with Crippen LogP contribution in [0.4, 0.5) is 0 Å². The molecule has 1 aromatic rings. The van der Waals surface area contributed by atoms with Gasteiger partial charge in [0.15, 0.2) is 0 Å². The molecule has 150 valence electrons. The van der Waals surface area contributed by atoms with Crippen LogP contribution in [0.15, 0.2) is 6.07 Å². The average molecular weight is 361 g/mol. The summed E-state index contributed by atoms with van der Waals surface area (Å²) in [6.45, 7) is 8.61. The molecule has 0 saturated carbocycles. The Labute approximate surface area is 163 Å². The fourth-order valence-corrected chi connectivity index (χ4v) is 3.87. The van der Waals surface area contributed by atoms with Gasteiger partial charge in [-0.25, -0.2) is 0 Å². The van der Waals surface area contributed by atoms with Crippen molar-refractivity contribution in [3.63, 3.8) is 0 Å². The Kier molecular flexibility index (Phi) is 12.5. The third-order valence-corrected chi connectivity index (χ3v) is 6.10. The highest BCUT2D eigenvalue weighted by atomic mass is 16.3. The van der Waals surface area contributed by atoms with Gasteiger partial charge in [-0.1, -0.05) is 90.4 Å². The molecule has 1 N–H and O–H groups in total. The van der Waals surface area contributed by atoms with Crippen LogP contribution in [0.1, 0.15) is 119 Å². The minimum Gasteiger partial charge on any atom is -0.508 e. The molecule has 0 unspecified atom stereocenters. The summed E-state index contributed by atoms with van der Waals surface area (Å²) >= 11 is 0. The molecule has 0 heterocycles. The highest BCUT2D eigenvalue weighted by Gasteiger charge is 2.08. The predicted octanol–water partition coefficient (Wildman–Crippen LogP) is 8.34. The van der Waals surface area contributed by atoms with E-state index in [9.17, 15) is 5.11 Å². The van der Waals surface area contributed by atoms with E-state index in [1.807, 2.05) is 13.0 Å². The zero-order chi connectivity index (χ0) is 19.2. The smallest absolute Gasteiger partial charge is 0.119 e. The second-order valence-electron chi connectivity index (χ2n) is 8.28. The van der Waals surface area contributed by atoms with E-state index in [0.717, 1.165) is 12.0 Å². The monoisotopic (exact) mass is 360 g/mol. The molecule has 0 aliphatic carbocycles. The SMILES string of the molecule is CCCCCCCCCCCCCCCCc1cc(O)c(C)c(C)c1C. The number of aryl methyl sites for hydroxylation is 1. The van der Waals surface area contributed by atoms with E-state index in [1.165, 1.54) is 107 Å². The van der Waals surface area contributed by atoms with Gasteiger partial charge in [0, 0.05) is 0 Å². The number of benzene rings is 1. The molecular formula is C25H44O. The van der Waals surface area contributed by atoms with Crippen molar-refractivity contribution in [2.45, 2.75) is 124 Å². The molecule has 0 spiro atoms. The van der Waals surface area contributed by atoms with Gasteiger partial charge in [0.2, 0.25) is 0 Å². The van der Waals surface area contributed by atoms with Gasteiger partial charge in [-0.05, 0) is 61.9 Å². The molecule has 0 radical (unpaired) electrons. The van der Waals surface area contributed by atoms with E-state index in [0.29, 0.717) is 5.75 Å². The minimum absolute atomic E-state index is 0.466. The molecule has 0 aliphatic heterocycles. The van der Waals surface area contributed by atoms with Gasteiger partial charge in [0.05, 0.1) is 0 Å². The lowest BCUT2D eigenvalue weighted by Gasteiger charge is -2.13. The zero-order valence-corrected chi connectivity index (χ0v) is 18.1. The van der Waals surface area contributed by atoms with Crippen LogP contribution in [0, 0.1) is 20.8 Å². The van der Waals surface area contributed by atoms with E-state index in [1.54, 1.807) is 0 Å². The lowest BCUT2D eigenvalue weighted by atomic mass is 9.94. The van der Waals surface area contributed by atoms with Gasteiger partial charge in [0.25, 0.3) is 0 Å². The summed E-state index contributed by atoms with van der Waals surface area (Å²) in [5.74, 6) is 0.466. The second kappa shape index (κ2) is 14.1. The van der Waals surface area contributed by atoms with Crippen molar-refractivity contribution < 1.29 is 5.11 Å². The molecule has 1 nitrogen and oxygen atoms in total. The fourth-order valence-electron chi connectivity index (χ4n) is 3.87. The summed E-state index contributed by atoms with van der Waals surface area (Å²) in [7, 11) is 0. The lowest BCUT2D eigenvalue weighted by Crippen LogP contribution is -1.96. The summed E-state index contributed by atoms with van der Waals surface area (Å²) in [5.41, 5.74) is 5.00. The van der Waals surface area contributed by atoms with Gasteiger partial charge in [-0.2, -0.15) is 0 Å². The molecule has 1 heteroatoms. The molecule has 26 heavy (non-hydrogen) atoms. The Bertz CT molecular complexity index is 489. The molecule has 0 atom stereocenters. The molecule has 0 aromatic heterocycles. The number of hydrogen-bond donors (Lipinski definition) is 1. The summed E-state index contributed by atoms with van der Waals surface area (Å²) in [6, 6.07) is 1.99. The number of aromatic hydroxyl groups is 1. The zero-order valence-electron chi connectivity index (χ0n) is 18.1. The van der Waals surface area contributed by atoms with Crippen molar-refractivity contribution in [3.05, 3.63) is 28.3 Å². The Morgan fingerprint density at radius 1 is 0.577 bits per heavy atom. The maximum atomic E-state index is 10.0. The van der Waals surface area contributed by atoms with Crippen LogP contribution in [-0.2, 0) is 6.42 Å². The van der Waals surface area contributed by atoms with Crippen LogP contribution < -0.4 is 0 Å². The van der Waals surface area contributed by atoms with Crippen LogP contribution in [-0.4, -0.2) is 5.11 Å². The number of phenolic OH excluding ortho intramolecular Hbond substituents is 1. The van der Waals surface area contributed by atoms with E-state index in [2.05, 4.69) is 20.8 Å². The van der Waals surface area contributed by atoms with E-state index in [-0.39, 0.29) is 0 Å². The van der Waals surface area contributed by atoms with E-state index < -0.39 is 0 Å². The predicted molar refractivity (Wildman–Crippen MR) is 116 cm³/mol. The van der Waals surface area contributed by atoms with Crippen molar-refractivity contribution >= 4 is 0 Å². The van der Waals surface area contributed by atoms with Gasteiger partial charge < -0.3 is 5.11 Å². The molecular weight excluding hydrogens is 316 g/mol. The van der Waals surface area contributed by atoms with E-state index in [4.69, 9.17) is 0 Å². The maximum absolute atomic E-state index is 10.0. The van der Waals surface area contributed by atoms with Crippen LogP contribution in [0.5, 0.6) is 5.75 Å². The van der Waals surface area contributed by atoms with E-state index >= 15 is 0 Å². The van der Waals surface area contributed by atoms with Crippen LogP contribution in [0.2, 0.25) is 0 Å². The van der Waals surface area contributed by atoms with Crippen LogP contribution >= 0.6 is 0 Å². The molecule has 0 bridgehead atoms. The highest BCUT2D eigenvalue weighted by molar-refractivity contribution is 5.47. The summed E-state index contributed by atoms with van der Waals surface area (Å²) < 4.78 is 0. The first-order valence-corrected chi connectivity index (χ1v) is 11.4. The Morgan fingerprint density at radius 2 is 1.00 bits per heavy atom. The van der Waals surface area contributed by atoms with Gasteiger partial charge >= 0.3 is 0 Å². The first-order valence-electron chi connectivity index (χ1n) is 11.4. The van der Waals surface area contributed by atoms with Crippen LogP contribution in [0.25, 0.3) is 0 Å². The van der Waals surface area contributed by atoms with Crippen molar-refractivity contribution in [2.24, 2.45) is 0 Å². The molecule has 1 rings (SSSR count). The number of rotatable bonds is 15. The Balaban J connectivity index is 1.97. The first-order chi connectivity index (χ1) is 12.6. The summed E-state index contributed by atoms with van der Waals surface area (Å²) in [6.07, 6.45) is 20.7. The van der Waals surface area contributed by atoms with Crippen molar-refractivity contribution in [3.8, 4) is 5.75 Å². The van der Waals surface area contributed by atoms with Gasteiger partial charge in [-0.15, -0.1) is 0 Å². The molecule has 1 aromatic carbocycles.